The van der Waals surface area contributed by atoms with Gasteiger partial charge >= 0.3 is 5.97 Å². The van der Waals surface area contributed by atoms with Gasteiger partial charge in [0.2, 0.25) is 0 Å². The second kappa shape index (κ2) is 7.82. The van der Waals surface area contributed by atoms with E-state index in [1.54, 1.807) is 6.07 Å². The Labute approximate surface area is 151 Å². The van der Waals surface area contributed by atoms with Crippen LogP contribution in [0, 0.1) is 5.92 Å². The highest BCUT2D eigenvalue weighted by Gasteiger charge is 2.37. The monoisotopic (exact) mass is 365 g/mol. The molecule has 0 unspecified atom stereocenters. The van der Waals surface area contributed by atoms with Gasteiger partial charge in [-0.3, -0.25) is 0 Å². The minimum atomic E-state index is -1.65. The molecule has 1 aliphatic rings. The number of hydrogen-bond donors (Lipinski definition) is 1. The molecule has 0 aliphatic carbocycles. The van der Waals surface area contributed by atoms with E-state index in [1.807, 2.05) is 0 Å². The summed E-state index contributed by atoms with van der Waals surface area (Å²) in [6.45, 7) is 14.1. The fraction of sp³-hybridized carbons (Fsp3) is 0.722. The molecular formula is C18H31N3O3Si. The molecule has 1 aliphatic heterocycles. The standard InChI is InChI=1S/C18H31N3O3Si/c1-18(2,3)25(4,5)24-13-10-14-8-11-21(12-9-14)16-7-6-15(17(22)23)19-20-16/h6-7,14H,8-13H2,1-5H3,(H,22,23). The first kappa shape index (κ1) is 19.8. The number of carboxylic acid groups (broad SMARTS) is 1. The number of carboxylic acids is 1. The van der Waals surface area contributed by atoms with Crippen LogP contribution >= 0.6 is 0 Å². The average molecular weight is 366 g/mol. The third kappa shape index (κ3) is 5.25. The van der Waals surface area contributed by atoms with Gasteiger partial charge in [-0.25, -0.2) is 4.79 Å². The van der Waals surface area contributed by atoms with E-state index in [0.29, 0.717) is 5.92 Å². The first-order valence-electron chi connectivity index (χ1n) is 9.06. The Morgan fingerprint density at radius 3 is 2.40 bits per heavy atom. The average Bonchev–Trinajstić information content (AvgIpc) is 2.54. The first-order chi connectivity index (χ1) is 11.6. The zero-order valence-electron chi connectivity index (χ0n) is 16.1. The lowest BCUT2D eigenvalue weighted by atomic mass is 9.94. The fourth-order valence-electron chi connectivity index (χ4n) is 2.76. The molecule has 1 aromatic rings. The molecule has 140 valence electrons. The lowest BCUT2D eigenvalue weighted by molar-refractivity contribution is 0.0689. The number of aromatic carboxylic acids is 1. The highest BCUT2D eigenvalue weighted by Crippen LogP contribution is 2.37. The number of hydrogen-bond acceptors (Lipinski definition) is 5. The van der Waals surface area contributed by atoms with Crippen molar-refractivity contribution in [3.63, 3.8) is 0 Å². The number of piperidine rings is 1. The summed E-state index contributed by atoms with van der Waals surface area (Å²) in [6, 6.07) is 3.27. The Balaban J connectivity index is 1.77. The predicted molar refractivity (Wildman–Crippen MR) is 102 cm³/mol. The minimum Gasteiger partial charge on any atom is -0.476 e. The van der Waals surface area contributed by atoms with Crippen molar-refractivity contribution >= 4 is 20.1 Å². The molecule has 0 saturated carbocycles. The molecule has 0 aromatic carbocycles. The van der Waals surface area contributed by atoms with Crippen LogP contribution in [-0.4, -0.2) is 49.3 Å². The van der Waals surface area contributed by atoms with Gasteiger partial charge < -0.3 is 14.4 Å². The van der Waals surface area contributed by atoms with Crippen LogP contribution in [-0.2, 0) is 4.43 Å². The number of aromatic nitrogens is 2. The third-order valence-electron chi connectivity index (χ3n) is 5.60. The third-order valence-corrected chi connectivity index (χ3v) is 10.1. The number of anilines is 1. The molecule has 1 aromatic heterocycles. The van der Waals surface area contributed by atoms with Crippen molar-refractivity contribution in [1.82, 2.24) is 10.2 Å². The molecule has 0 amide bonds. The molecule has 2 rings (SSSR count). The number of carbonyl (C=O) groups is 1. The molecule has 0 atom stereocenters. The number of nitrogens with zero attached hydrogens (tertiary/aromatic N) is 3. The Kier molecular flexibility index (Phi) is 6.21. The first-order valence-corrected chi connectivity index (χ1v) is 12.0. The van der Waals surface area contributed by atoms with Crippen LogP contribution < -0.4 is 4.90 Å². The number of rotatable bonds is 6. The van der Waals surface area contributed by atoms with Crippen molar-refractivity contribution in [2.24, 2.45) is 5.92 Å². The Morgan fingerprint density at radius 2 is 1.92 bits per heavy atom. The molecule has 7 heteroatoms. The molecule has 0 bridgehead atoms. The van der Waals surface area contributed by atoms with Crippen LogP contribution in [0.2, 0.25) is 18.1 Å². The zero-order valence-corrected chi connectivity index (χ0v) is 17.1. The van der Waals surface area contributed by atoms with Gasteiger partial charge in [0.05, 0.1) is 0 Å². The van der Waals surface area contributed by atoms with E-state index in [0.717, 1.165) is 44.8 Å². The second-order valence-electron chi connectivity index (χ2n) is 8.41. The highest BCUT2D eigenvalue weighted by molar-refractivity contribution is 6.74. The van der Waals surface area contributed by atoms with Crippen LogP contribution in [0.4, 0.5) is 5.82 Å². The second-order valence-corrected chi connectivity index (χ2v) is 13.2. The van der Waals surface area contributed by atoms with E-state index in [-0.39, 0.29) is 10.7 Å². The maximum Gasteiger partial charge on any atom is 0.356 e. The van der Waals surface area contributed by atoms with Crippen molar-refractivity contribution in [1.29, 1.82) is 0 Å². The molecule has 25 heavy (non-hydrogen) atoms. The van der Waals surface area contributed by atoms with Crippen molar-refractivity contribution in [3.8, 4) is 0 Å². The maximum absolute atomic E-state index is 10.8. The van der Waals surface area contributed by atoms with Crippen molar-refractivity contribution in [2.75, 3.05) is 24.6 Å². The highest BCUT2D eigenvalue weighted by atomic mass is 28.4. The molecule has 0 spiro atoms. The normalized spacial score (nSPS) is 16.9. The largest absolute Gasteiger partial charge is 0.476 e. The quantitative estimate of drug-likeness (QED) is 0.773. The van der Waals surface area contributed by atoms with Gasteiger partial charge in [0.1, 0.15) is 0 Å². The van der Waals surface area contributed by atoms with Crippen LogP contribution in [0.5, 0.6) is 0 Å². The summed E-state index contributed by atoms with van der Waals surface area (Å²) in [5, 5.41) is 17.0. The maximum atomic E-state index is 10.8. The van der Waals surface area contributed by atoms with Gasteiger partial charge in [-0.2, -0.15) is 0 Å². The van der Waals surface area contributed by atoms with E-state index in [2.05, 4.69) is 49.0 Å². The van der Waals surface area contributed by atoms with Gasteiger partial charge in [0.25, 0.3) is 0 Å². The molecule has 1 saturated heterocycles. The zero-order chi connectivity index (χ0) is 18.7. The van der Waals surface area contributed by atoms with Crippen LogP contribution in [0.25, 0.3) is 0 Å². The summed E-state index contributed by atoms with van der Waals surface area (Å²) in [5.74, 6) is 0.410. The van der Waals surface area contributed by atoms with Crippen LogP contribution in [0.1, 0.15) is 50.5 Å². The topological polar surface area (TPSA) is 75.5 Å². The molecule has 1 N–H and O–H groups in total. The van der Waals surface area contributed by atoms with E-state index < -0.39 is 14.3 Å². The van der Waals surface area contributed by atoms with Crippen LogP contribution in [0.3, 0.4) is 0 Å². The van der Waals surface area contributed by atoms with Crippen LogP contribution in [0.15, 0.2) is 12.1 Å². The van der Waals surface area contributed by atoms with Gasteiger partial charge in [0, 0.05) is 19.7 Å². The summed E-state index contributed by atoms with van der Waals surface area (Å²) >= 11 is 0. The van der Waals surface area contributed by atoms with Gasteiger partial charge in [0.15, 0.2) is 19.8 Å². The fourth-order valence-corrected chi connectivity index (χ4v) is 3.82. The predicted octanol–water partition coefficient (Wildman–Crippen LogP) is 3.80. The summed E-state index contributed by atoms with van der Waals surface area (Å²) in [7, 11) is -1.65. The smallest absolute Gasteiger partial charge is 0.356 e. The molecule has 1 fully saturated rings. The van der Waals surface area contributed by atoms with Gasteiger partial charge in [-0.15, -0.1) is 10.2 Å². The van der Waals surface area contributed by atoms with Crippen molar-refractivity contribution < 1.29 is 14.3 Å². The minimum absolute atomic E-state index is 0.0126. The van der Waals surface area contributed by atoms with Crippen molar-refractivity contribution in [2.45, 2.75) is 58.2 Å². The summed E-state index contributed by atoms with van der Waals surface area (Å²) < 4.78 is 6.29. The summed E-state index contributed by atoms with van der Waals surface area (Å²) in [6.07, 6.45) is 3.34. The van der Waals surface area contributed by atoms with Gasteiger partial charge in [-0.1, -0.05) is 20.8 Å². The lowest BCUT2D eigenvalue weighted by Crippen LogP contribution is -2.41. The summed E-state index contributed by atoms with van der Waals surface area (Å²) in [5.41, 5.74) is -0.0126. The molecule has 0 radical (unpaired) electrons. The Bertz CT molecular complexity index is 576. The SMILES string of the molecule is CC(C)(C)[Si](C)(C)OCCC1CCN(c2ccc(C(=O)O)nn2)CC1. The molecular weight excluding hydrogens is 334 g/mol. The molecule has 6 nitrogen and oxygen atoms in total. The summed E-state index contributed by atoms with van der Waals surface area (Å²) in [4.78, 5) is 13.0. The van der Waals surface area contributed by atoms with E-state index in [9.17, 15) is 4.79 Å². The van der Waals surface area contributed by atoms with Gasteiger partial charge in [-0.05, 0) is 55.4 Å². The Hall–Kier alpha value is -1.47. The Morgan fingerprint density at radius 1 is 1.28 bits per heavy atom. The van der Waals surface area contributed by atoms with E-state index >= 15 is 0 Å². The van der Waals surface area contributed by atoms with Crippen molar-refractivity contribution in [3.05, 3.63) is 17.8 Å². The lowest BCUT2D eigenvalue weighted by Gasteiger charge is -2.37. The van der Waals surface area contributed by atoms with E-state index in [4.69, 9.17) is 9.53 Å². The van der Waals surface area contributed by atoms with E-state index in [1.165, 1.54) is 6.07 Å². The molecule has 2 heterocycles.